The molecule has 1 spiro atoms. The van der Waals surface area contributed by atoms with Gasteiger partial charge in [0.1, 0.15) is 12.4 Å². The summed E-state index contributed by atoms with van der Waals surface area (Å²) in [4.78, 5) is 15.4. The molecule has 0 unspecified atom stereocenters. The van der Waals surface area contributed by atoms with Crippen LogP contribution in [0.4, 0.5) is 0 Å². The Hall–Kier alpha value is -1.44. The number of likely N-dealkylation sites (N-methyl/N-ethyl adjacent to an activating group) is 1. The molecule has 1 atom stereocenters. The third kappa shape index (κ3) is 4.80. The van der Waals surface area contributed by atoms with Crippen molar-refractivity contribution >= 4 is 5.91 Å². The fourth-order valence-corrected chi connectivity index (χ4v) is 3.74. The van der Waals surface area contributed by atoms with Crippen LogP contribution >= 0.6 is 0 Å². The summed E-state index contributed by atoms with van der Waals surface area (Å²) in [6, 6.07) is 1.99. The van der Waals surface area contributed by atoms with E-state index in [1.165, 1.54) is 0 Å². The number of rotatable bonds is 7. The van der Waals surface area contributed by atoms with Crippen molar-refractivity contribution in [2.24, 2.45) is 5.92 Å². The van der Waals surface area contributed by atoms with E-state index >= 15 is 0 Å². The molecule has 2 saturated heterocycles. The normalized spacial score (nSPS) is 22.8. The minimum Gasteiger partial charge on any atom is -0.372 e. The molecule has 7 nitrogen and oxygen atoms in total. The van der Waals surface area contributed by atoms with Crippen molar-refractivity contribution in [3.05, 3.63) is 17.5 Å². The zero-order valence-electron chi connectivity index (χ0n) is 15.5. The van der Waals surface area contributed by atoms with Crippen LogP contribution in [0.3, 0.4) is 0 Å². The van der Waals surface area contributed by atoms with Crippen molar-refractivity contribution in [2.75, 3.05) is 47.0 Å². The summed E-state index contributed by atoms with van der Waals surface area (Å²) in [6.45, 7) is 6.28. The van der Waals surface area contributed by atoms with Gasteiger partial charge in [-0.15, -0.1) is 0 Å². The van der Waals surface area contributed by atoms with Crippen LogP contribution in [-0.2, 0) is 20.8 Å². The second kappa shape index (κ2) is 7.85. The predicted molar refractivity (Wildman–Crippen MR) is 92.1 cm³/mol. The molecule has 0 saturated carbocycles. The molecule has 0 aliphatic carbocycles. The number of likely N-dealkylation sites (tertiary alicyclic amines) is 1. The van der Waals surface area contributed by atoms with Gasteiger partial charge in [0.05, 0.1) is 11.3 Å². The standard InChI is InChI=1S/C18H29N3O4/c1-14-8-16(19-25-14)10-21-12-18(13-21)9-15(5-7-24-18)4-6-23-11-17(22)20(2)3/h8,15H,4-7,9-13H2,1-3H3/t15-/m0/s1. The van der Waals surface area contributed by atoms with Crippen molar-refractivity contribution in [3.8, 4) is 0 Å². The number of ether oxygens (including phenoxy) is 2. The molecule has 7 heteroatoms. The highest BCUT2D eigenvalue weighted by Gasteiger charge is 2.47. The van der Waals surface area contributed by atoms with Gasteiger partial charge in [-0.25, -0.2) is 0 Å². The molecule has 140 valence electrons. The Morgan fingerprint density at radius 1 is 1.48 bits per heavy atom. The van der Waals surface area contributed by atoms with Gasteiger partial charge in [0.2, 0.25) is 5.91 Å². The minimum atomic E-state index is 0.00114. The van der Waals surface area contributed by atoms with Crippen LogP contribution < -0.4 is 0 Å². The van der Waals surface area contributed by atoms with E-state index in [1.54, 1.807) is 19.0 Å². The molecular formula is C18H29N3O4. The first-order valence-corrected chi connectivity index (χ1v) is 9.02. The third-order valence-electron chi connectivity index (χ3n) is 5.08. The van der Waals surface area contributed by atoms with Gasteiger partial charge in [-0.3, -0.25) is 9.69 Å². The summed E-state index contributed by atoms with van der Waals surface area (Å²) in [5, 5.41) is 4.06. The first-order valence-electron chi connectivity index (χ1n) is 9.02. The average molecular weight is 351 g/mol. The Morgan fingerprint density at radius 2 is 2.28 bits per heavy atom. The van der Waals surface area contributed by atoms with E-state index in [-0.39, 0.29) is 18.1 Å². The highest BCUT2D eigenvalue weighted by Crippen LogP contribution is 2.38. The number of aryl methyl sites for hydroxylation is 1. The number of carbonyl (C=O) groups excluding carboxylic acids is 1. The summed E-state index contributed by atoms with van der Waals surface area (Å²) >= 11 is 0. The fraction of sp³-hybridized carbons (Fsp3) is 0.778. The largest absolute Gasteiger partial charge is 0.372 e. The Kier molecular flexibility index (Phi) is 5.76. The molecular weight excluding hydrogens is 322 g/mol. The first kappa shape index (κ1) is 18.4. The van der Waals surface area contributed by atoms with Crippen molar-refractivity contribution in [1.82, 2.24) is 15.0 Å². The monoisotopic (exact) mass is 351 g/mol. The van der Waals surface area contributed by atoms with Crippen molar-refractivity contribution < 1.29 is 18.8 Å². The minimum absolute atomic E-state index is 0.00114. The third-order valence-corrected chi connectivity index (χ3v) is 5.08. The Labute approximate surface area is 149 Å². The van der Waals surface area contributed by atoms with Gasteiger partial charge in [0.25, 0.3) is 0 Å². The van der Waals surface area contributed by atoms with Gasteiger partial charge < -0.3 is 18.9 Å². The SMILES string of the molecule is Cc1cc(CN2CC3(C[C@@H](CCOCC(=O)N(C)C)CCO3)C2)no1. The van der Waals surface area contributed by atoms with E-state index in [0.29, 0.717) is 12.5 Å². The zero-order chi connectivity index (χ0) is 17.9. The number of nitrogens with zero attached hydrogens (tertiary/aromatic N) is 3. The summed E-state index contributed by atoms with van der Waals surface area (Å²) in [5.74, 6) is 1.48. The molecule has 3 rings (SSSR count). The first-order chi connectivity index (χ1) is 12.0. The molecule has 0 N–H and O–H groups in total. The predicted octanol–water partition coefficient (Wildman–Crippen LogP) is 1.46. The maximum atomic E-state index is 11.5. The van der Waals surface area contributed by atoms with E-state index in [2.05, 4.69) is 10.1 Å². The second-order valence-electron chi connectivity index (χ2n) is 7.59. The van der Waals surface area contributed by atoms with Crippen LogP contribution in [-0.4, -0.2) is 73.5 Å². The molecule has 2 aliphatic rings. The van der Waals surface area contributed by atoms with Gasteiger partial charge in [-0.2, -0.15) is 0 Å². The molecule has 2 fully saturated rings. The van der Waals surface area contributed by atoms with Crippen LogP contribution in [0.5, 0.6) is 0 Å². The quantitative estimate of drug-likeness (QED) is 0.693. The van der Waals surface area contributed by atoms with Gasteiger partial charge >= 0.3 is 0 Å². The fourth-order valence-electron chi connectivity index (χ4n) is 3.74. The Balaban J connectivity index is 1.36. The average Bonchev–Trinajstić information content (AvgIpc) is 2.95. The van der Waals surface area contributed by atoms with Crippen molar-refractivity contribution in [1.29, 1.82) is 0 Å². The number of carbonyl (C=O) groups is 1. The molecule has 2 aliphatic heterocycles. The van der Waals surface area contributed by atoms with Crippen LogP contribution in [0.1, 0.15) is 30.7 Å². The van der Waals surface area contributed by atoms with Crippen molar-refractivity contribution in [3.63, 3.8) is 0 Å². The molecule has 1 amide bonds. The number of aromatic nitrogens is 1. The van der Waals surface area contributed by atoms with Gasteiger partial charge in [-0.05, 0) is 32.1 Å². The highest BCUT2D eigenvalue weighted by molar-refractivity contribution is 5.76. The molecule has 0 radical (unpaired) electrons. The number of hydrogen-bond acceptors (Lipinski definition) is 6. The van der Waals surface area contributed by atoms with Crippen molar-refractivity contribution in [2.45, 2.75) is 38.3 Å². The molecule has 25 heavy (non-hydrogen) atoms. The van der Waals surface area contributed by atoms with E-state index < -0.39 is 0 Å². The molecule has 1 aromatic heterocycles. The highest BCUT2D eigenvalue weighted by atomic mass is 16.5. The summed E-state index contributed by atoms with van der Waals surface area (Å²) in [6.07, 6.45) is 3.15. The Morgan fingerprint density at radius 3 is 2.96 bits per heavy atom. The topological polar surface area (TPSA) is 68.0 Å². The lowest BCUT2D eigenvalue weighted by Gasteiger charge is -2.53. The number of amides is 1. The van der Waals surface area contributed by atoms with Gasteiger partial charge in [0, 0.05) is 53.0 Å². The van der Waals surface area contributed by atoms with E-state index in [0.717, 1.165) is 57.0 Å². The lowest BCUT2D eigenvalue weighted by molar-refractivity contribution is -0.182. The summed E-state index contributed by atoms with van der Waals surface area (Å²) in [7, 11) is 3.49. The van der Waals surface area contributed by atoms with Crippen LogP contribution in [0.25, 0.3) is 0 Å². The Bertz CT molecular complexity index is 581. The van der Waals surface area contributed by atoms with Gasteiger partial charge in [-0.1, -0.05) is 5.16 Å². The van der Waals surface area contributed by atoms with E-state index in [9.17, 15) is 4.79 Å². The summed E-state index contributed by atoms with van der Waals surface area (Å²) in [5.41, 5.74) is 0.986. The zero-order valence-corrected chi connectivity index (χ0v) is 15.5. The molecule has 0 aromatic carbocycles. The second-order valence-corrected chi connectivity index (χ2v) is 7.59. The van der Waals surface area contributed by atoms with Crippen LogP contribution in [0, 0.1) is 12.8 Å². The smallest absolute Gasteiger partial charge is 0.248 e. The van der Waals surface area contributed by atoms with Crippen LogP contribution in [0.2, 0.25) is 0 Å². The lowest BCUT2D eigenvalue weighted by atomic mass is 9.79. The molecule has 1 aromatic rings. The lowest BCUT2D eigenvalue weighted by Crippen LogP contribution is -2.64. The van der Waals surface area contributed by atoms with E-state index in [4.69, 9.17) is 14.0 Å². The van der Waals surface area contributed by atoms with Gasteiger partial charge in [0.15, 0.2) is 0 Å². The maximum absolute atomic E-state index is 11.5. The molecule has 3 heterocycles. The summed E-state index contributed by atoms with van der Waals surface area (Å²) < 4.78 is 16.7. The van der Waals surface area contributed by atoms with E-state index in [1.807, 2.05) is 13.0 Å². The maximum Gasteiger partial charge on any atom is 0.248 e. The van der Waals surface area contributed by atoms with Crippen LogP contribution in [0.15, 0.2) is 10.6 Å². The molecule has 0 bridgehead atoms. The number of hydrogen-bond donors (Lipinski definition) is 0.